The SMILES string of the molecule is CC(CCC1CCCCC1)N=Nc1nncc2ccccc12. The Morgan fingerprint density at radius 2 is 2.00 bits per heavy atom. The van der Waals surface area contributed by atoms with E-state index >= 15 is 0 Å². The number of hydrogen-bond donors (Lipinski definition) is 0. The topological polar surface area (TPSA) is 50.5 Å². The van der Waals surface area contributed by atoms with E-state index < -0.39 is 0 Å². The minimum atomic E-state index is 0.252. The molecule has 0 amide bonds. The Morgan fingerprint density at radius 3 is 2.86 bits per heavy atom. The number of nitrogens with zero attached hydrogens (tertiary/aromatic N) is 4. The summed E-state index contributed by atoms with van der Waals surface area (Å²) in [6.07, 6.45) is 11.2. The van der Waals surface area contributed by atoms with E-state index in [9.17, 15) is 0 Å². The van der Waals surface area contributed by atoms with E-state index in [1.54, 1.807) is 6.20 Å². The molecule has 116 valence electrons. The van der Waals surface area contributed by atoms with E-state index in [0.29, 0.717) is 5.82 Å². The van der Waals surface area contributed by atoms with Crippen molar-refractivity contribution in [1.29, 1.82) is 0 Å². The van der Waals surface area contributed by atoms with Crippen LogP contribution in [0.5, 0.6) is 0 Å². The van der Waals surface area contributed by atoms with Gasteiger partial charge in [0.2, 0.25) is 5.82 Å². The number of fused-ring (bicyclic) bond motifs is 1. The molecule has 1 aliphatic rings. The molecule has 0 aliphatic heterocycles. The molecule has 1 saturated carbocycles. The molecule has 4 nitrogen and oxygen atoms in total. The van der Waals surface area contributed by atoms with Crippen LogP contribution in [0.1, 0.15) is 51.9 Å². The lowest BCUT2D eigenvalue weighted by molar-refractivity contribution is 0.325. The van der Waals surface area contributed by atoms with Crippen molar-refractivity contribution in [2.24, 2.45) is 16.1 Å². The lowest BCUT2D eigenvalue weighted by atomic mass is 9.85. The number of hydrogen-bond acceptors (Lipinski definition) is 4. The molecule has 0 bridgehead atoms. The van der Waals surface area contributed by atoms with Gasteiger partial charge in [0.15, 0.2) is 0 Å². The molecule has 1 aromatic carbocycles. The highest BCUT2D eigenvalue weighted by molar-refractivity contribution is 5.89. The van der Waals surface area contributed by atoms with Gasteiger partial charge in [0.1, 0.15) is 0 Å². The summed E-state index contributed by atoms with van der Waals surface area (Å²) in [5.41, 5.74) is 0. The molecule has 1 aliphatic carbocycles. The second-order valence-corrected chi connectivity index (χ2v) is 6.40. The Kier molecular flexibility index (Phi) is 5.09. The van der Waals surface area contributed by atoms with E-state index in [1.165, 1.54) is 38.5 Å². The highest BCUT2D eigenvalue weighted by atomic mass is 15.2. The lowest BCUT2D eigenvalue weighted by Gasteiger charge is -2.21. The van der Waals surface area contributed by atoms with E-state index in [0.717, 1.165) is 23.1 Å². The number of aromatic nitrogens is 2. The normalized spacial score (nSPS) is 18.0. The third-order valence-corrected chi connectivity index (χ3v) is 4.62. The highest BCUT2D eigenvalue weighted by Gasteiger charge is 2.14. The minimum absolute atomic E-state index is 0.252. The van der Waals surface area contributed by atoms with Gasteiger partial charge in [-0.15, -0.1) is 10.2 Å². The first-order valence-corrected chi connectivity index (χ1v) is 8.44. The monoisotopic (exact) mass is 296 g/mol. The van der Waals surface area contributed by atoms with E-state index in [1.807, 2.05) is 24.3 Å². The van der Waals surface area contributed by atoms with Gasteiger partial charge in [-0.05, 0) is 25.7 Å². The summed E-state index contributed by atoms with van der Waals surface area (Å²) in [6, 6.07) is 8.29. The van der Waals surface area contributed by atoms with Gasteiger partial charge in [0.25, 0.3) is 0 Å². The predicted octanol–water partition coefficient (Wildman–Crippen LogP) is 5.46. The fraction of sp³-hybridized carbons (Fsp3) is 0.556. The van der Waals surface area contributed by atoms with Crippen molar-refractivity contribution in [3.8, 4) is 0 Å². The van der Waals surface area contributed by atoms with Crippen molar-refractivity contribution in [2.45, 2.75) is 57.9 Å². The van der Waals surface area contributed by atoms with E-state index in [2.05, 4.69) is 27.3 Å². The molecule has 1 heterocycles. The molecule has 0 N–H and O–H groups in total. The summed E-state index contributed by atoms with van der Waals surface area (Å²) in [7, 11) is 0. The van der Waals surface area contributed by atoms with Crippen molar-refractivity contribution in [3.63, 3.8) is 0 Å². The third kappa shape index (κ3) is 3.87. The fourth-order valence-electron chi connectivity index (χ4n) is 3.25. The zero-order chi connectivity index (χ0) is 15.2. The van der Waals surface area contributed by atoms with Gasteiger partial charge in [0, 0.05) is 10.8 Å². The van der Waals surface area contributed by atoms with Crippen molar-refractivity contribution in [2.75, 3.05) is 0 Å². The Morgan fingerprint density at radius 1 is 1.18 bits per heavy atom. The van der Waals surface area contributed by atoms with Gasteiger partial charge in [0.05, 0.1) is 12.2 Å². The van der Waals surface area contributed by atoms with Gasteiger partial charge < -0.3 is 0 Å². The van der Waals surface area contributed by atoms with Gasteiger partial charge in [-0.25, -0.2) is 0 Å². The first-order valence-electron chi connectivity index (χ1n) is 8.44. The van der Waals surface area contributed by atoms with Crippen LogP contribution in [0.3, 0.4) is 0 Å². The second kappa shape index (κ2) is 7.43. The summed E-state index contributed by atoms with van der Waals surface area (Å²) in [6.45, 7) is 2.14. The summed E-state index contributed by atoms with van der Waals surface area (Å²) in [5, 5.41) is 19.0. The van der Waals surface area contributed by atoms with Crippen LogP contribution in [0, 0.1) is 5.92 Å². The van der Waals surface area contributed by atoms with Crippen LogP contribution in [0.4, 0.5) is 5.82 Å². The third-order valence-electron chi connectivity index (χ3n) is 4.62. The second-order valence-electron chi connectivity index (χ2n) is 6.40. The molecule has 0 spiro atoms. The molecule has 3 rings (SSSR count). The fourth-order valence-corrected chi connectivity index (χ4v) is 3.25. The smallest absolute Gasteiger partial charge is 0.184 e. The first kappa shape index (κ1) is 15.1. The molecular formula is C18H24N4. The van der Waals surface area contributed by atoms with Crippen LogP contribution < -0.4 is 0 Å². The van der Waals surface area contributed by atoms with Crippen LogP contribution in [-0.2, 0) is 0 Å². The largest absolute Gasteiger partial charge is 0.203 e. The maximum Gasteiger partial charge on any atom is 0.203 e. The maximum absolute atomic E-state index is 4.45. The summed E-state index contributed by atoms with van der Waals surface area (Å²) < 4.78 is 0. The van der Waals surface area contributed by atoms with Crippen LogP contribution >= 0.6 is 0 Å². The van der Waals surface area contributed by atoms with Gasteiger partial charge in [-0.1, -0.05) is 56.4 Å². The molecule has 1 fully saturated rings. The Labute approximate surface area is 132 Å². The van der Waals surface area contributed by atoms with Crippen LogP contribution in [-0.4, -0.2) is 16.2 Å². The molecule has 0 saturated heterocycles. The summed E-state index contributed by atoms with van der Waals surface area (Å²) >= 11 is 0. The Bertz CT molecular complexity index is 627. The molecule has 1 unspecified atom stereocenters. The average molecular weight is 296 g/mol. The van der Waals surface area contributed by atoms with Crippen molar-refractivity contribution in [1.82, 2.24) is 10.2 Å². The lowest BCUT2D eigenvalue weighted by Crippen LogP contribution is -2.09. The first-order chi connectivity index (χ1) is 10.8. The summed E-state index contributed by atoms with van der Waals surface area (Å²) in [5.74, 6) is 1.53. The molecular weight excluding hydrogens is 272 g/mol. The Balaban J connectivity index is 1.60. The van der Waals surface area contributed by atoms with Crippen molar-refractivity contribution < 1.29 is 0 Å². The van der Waals surface area contributed by atoms with Gasteiger partial charge >= 0.3 is 0 Å². The average Bonchev–Trinajstić information content (AvgIpc) is 2.59. The van der Waals surface area contributed by atoms with E-state index in [4.69, 9.17) is 0 Å². The standard InChI is InChI=1S/C18H24N4/c1-14(11-12-15-7-3-2-4-8-15)20-22-18-17-10-6-5-9-16(17)13-19-21-18/h5-6,9-10,13-15H,2-4,7-8,11-12H2,1H3. The molecule has 2 aromatic rings. The zero-order valence-corrected chi connectivity index (χ0v) is 13.3. The minimum Gasteiger partial charge on any atom is -0.184 e. The van der Waals surface area contributed by atoms with Gasteiger partial charge in [-0.2, -0.15) is 10.2 Å². The molecule has 1 atom stereocenters. The number of rotatable bonds is 5. The molecule has 0 radical (unpaired) electrons. The molecule has 22 heavy (non-hydrogen) atoms. The molecule has 4 heteroatoms. The quantitative estimate of drug-likeness (QED) is 0.688. The summed E-state index contributed by atoms with van der Waals surface area (Å²) in [4.78, 5) is 0. The van der Waals surface area contributed by atoms with Crippen molar-refractivity contribution in [3.05, 3.63) is 30.5 Å². The number of azo groups is 1. The highest BCUT2D eigenvalue weighted by Crippen LogP contribution is 2.28. The predicted molar refractivity (Wildman–Crippen MR) is 89.3 cm³/mol. The van der Waals surface area contributed by atoms with Crippen molar-refractivity contribution >= 4 is 16.6 Å². The van der Waals surface area contributed by atoms with Gasteiger partial charge in [-0.3, -0.25) is 0 Å². The maximum atomic E-state index is 4.45. The van der Waals surface area contributed by atoms with E-state index in [-0.39, 0.29) is 6.04 Å². The van der Waals surface area contributed by atoms with Crippen LogP contribution in [0.15, 0.2) is 40.7 Å². The molecule has 1 aromatic heterocycles. The Hall–Kier alpha value is -1.84. The zero-order valence-electron chi connectivity index (χ0n) is 13.3. The number of benzene rings is 1. The van der Waals surface area contributed by atoms with Crippen LogP contribution in [0.2, 0.25) is 0 Å². The van der Waals surface area contributed by atoms with Crippen LogP contribution in [0.25, 0.3) is 10.8 Å².